The molecule has 3 heterocycles. The Morgan fingerprint density at radius 2 is 1.59 bits per heavy atom. The first-order valence-electron chi connectivity index (χ1n) is 18.3. The number of carbonyl (C=O) groups is 2. The van der Waals surface area contributed by atoms with Crippen LogP contribution in [0.4, 0.5) is 22.2 Å². The maximum atomic E-state index is 12.9. The van der Waals surface area contributed by atoms with E-state index >= 15 is 0 Å². The van der Waals surface area contributed by atoms with Gasteiger partial charge in [-0.1, -0.05) is 60.7 Å². The van der Waals surface area contributed by atoms with Crippen LogP contribution in [0.2, 0.25) is 0 Å². The van der Waals surface area contributed by atoms with E-state index in [0.717, 1.165) is 11.1 Å². The monoisotopic (exact) mass is 784 g/mol. The number of sulfonamides is 1. The predicted octanol–water partition coefficient (Wildman–Crippen LogP) is 1.65. The summed E-state index contributed by atoms with van der Waals surface area (Å²) >= 11 is 0. The molecule has 2 aliphatic rings. The zero-order chi connectivity index (χ0) is 39.4. The Labute approximate surface area is 323 Å². The molecule has 294 valence electrons. The number of nitrogens with zero attached hydrogens (tertiary/aromatic N) is 5. The van der Waals surface area contributed by atoms with Crippen molar-refractivity contribution in [3.05, 3.63) is 102 Å². The molecule has 0 spiro atoms. The Morgan fingerprint density at radius 3 is 2.23 bits per heavy atom. The summed E-state index contributed by atoms with van der Waals surface area (Å²) < 4.78 is 24.9. The summed E-state index contributed by atoms with van der Waals surface area (Å²) in [4.78, 5) is 41.6. The van der Waals surface area contributed by atoms with Crippen LogP contribution in [0.1, 0.15) is 42.3 Å². The van der Waals surface area contributed by atoms with E-state index in [2.05, 4.69) is 50.5 Å². The largest absolute Gasteiger partial charge is 0.396 e. The van der Waals surface area contributed by atoms with Gasteiger partial charge in [-0.15, -0.1) is 0 Å². The van der Waals surface area contributed by atoms with Gasteiger partial charge in [0.1, 0.15) is 12.2 Å². The number of hydrogen-bond acceptors (Lipinski definition) is 12. The van der Waals surface area contributed by atoms with E-state index in [0.29, 0.717) is 54.7 Å². The number of anilines is 3. The zero-order valence-corrected chi connectivity index (χ0v) is 31.1. The van der Waals surface area contributed by atoms with Gasteiger partial charge in [-0.05, 0) is 48.2 Å². The molecule has 3 aromatic carbocycles. The second-order valence-electron chi connectivity index (χ2n) is 14.0. The van der Waals surface area contributed by atoms with E-state index in [1.807, 2.05) is 41.3 Å². The number of aliphatic hydroxyl groups excluding tert-OH is 3. The molecule has 1 aliphatic heterocycles. The predicted molar refractivity (Wildman–Crippen MR) is 208 cm³/mol. The number of carbonyl (C=O) groups excluding carboxylic acids is 2. The number of amides is 3. The third-order valence-electron chi connectivity index (χ3n) is 10.2. The van der Waals surface area contributed by atoms with Crippen molar-refractivity contribution in [2.24, 2.45) is 5.14 Å². The van der Waals surface area contributed by atoms with Crippen molar-refractivity contribution >= 4 is 50.6 Å². The third kappa shape index (κ3) is 8.58. The number of benzene rings is 3. The van der Waals surface area contributed by atoms with Crippen LogP contribution in [-0.4, -0.2) is 106 Å². The smallest absolute Gasteiger partial charge is 0.319 e. The number of nitrogens with one attached hydrogen (secondary N) is 4. The summed E-state index contributed by atoms with van der Waals surface area (Å²) in [5.41, 5.74) is 3.45. The van der Waals surface area contributed by atoms with Crippen LogP contribution in [-0.2, 0) is 14.8 Å². The summed E-state index contributed by atoms with van der Waals surface area (Å²) in [6.45, 7) is 0.996. The summed E-state index contributed by atoms with van der Waals surface area (Å²) in [6.07, 6.45) is -0.331. The number of aliphatic hydroxyl groups is 3. The van der Waals surface area contributed by atoms with Crippen molar-refractivity contribution in [2.45, 2.75) is 60.4 Å². The number of rotatable bonds is 13. The topological polar surface area (TPSA) is 250 Å². The normalized spacial score (nSPS) is 21.0. The van der Waals surface area contributed by atoms with Gasteiger partial charge in [0.15, 0.2) is 17.0 Å². The van der Waals surface area contributed by atoms with Crippen molar-refractivity contribution in [2.75, 3.05) is 41.8 Å². The lowest BCUT2D eigenvalue weighted by Gasteiger charge is -2.22. The SMILES string of the molecule is NS(=O)(=O)c1ccc(NC(=O)N[C@@H]2CCN(c3nc(NCC(c4ccccc4)c4ccccc4)c4ncn([C@@H]5C[C@H](NC(=O)CCO)[C@@H](O)[C@H]5O)c4n3)C2)cc1. The number of aromatic nitrogens is 4. The van der Waals surface area contributed by atoms with Gasteiger partial charge in [0, 0.05) is 43.7 Å². The lowest BCUT2D eigenvalue weighted by atomic mass is 9.91. The minimum absolute atomic E-state index is 0.0437. The number of nitrogens with two attached hydrogens (primary N) is 1. The van der Waals surface area contributed by atoms with Gasteiger partial charge in [-0.3, -0.25) is 4.79 Å². The first-order chi connectivity index (χ1) is 27.0. The second-order valence-corrected chi connectivity index (χ2v) is 15.5. The molecule has 17 nitrogen and oxygen atoms in total. The molecule has 56 heavy (non-hydrogen) atoms. The summed E-state index contributed by atoms with van der Waals surface area (Å²) in [7, 11) is -3.87. The number of imidazole rings is 1. The second kappa shape index (κ2) is 16.6. The van der Waals surface area contributed by atoms with E-state index in [9.17, 15) is 33.3 Å². The van der Waals surface area contributed by atoms with Gasteiger partial charge in [0.05, 0.1) is 29.9 Å². The number of hydrogen-bond donors (Lipinski definition) is 8. The van der Waals surface area contributed by atoms with Gasteiger partial charge < -0.3 is 46.1 Å². The summed E-state index contributed by atoms with van der Waals surface area (Å²) in [5.74, 6) is 0.339. The van der Waals surface area contributed by atoms with Crippen molar-refractivity contribution < 1.29 is 33.3 Å². The fourth-order valence-electron chi connectivity index (χ4n) is 7.36. The van der Waals surface area contributed by atoms with Gasteiger partial charge in [0.2, 0.25) is 21.9 Å². The summed E-state index contributed by atoms with van der Waals surface area (Å²) in [6, 6.07) is 23.5. The highest BCUT2D eigenvalue weighted by molar-refractivity contribution is 7.89. The molecule has 2 aromatic heterocycles. The van der Waals surface area contributed by atoms with Crippen molar-refractivity contribution in [1.29, 1.82) is 0 Å². The first-order valence-corrected chi connectivity index (χ1v) is 19.8. The lowest BCUT2D eigenvalue weighted by Crippen LogP contribution is -2.43. The van der Waals surface area contributed by atoms with Crippen LogP contribution >= 0.6 is 0 Å². The minimum Gasteiger partial charge on any atom is -0.396 e. The van der Waals surface area contributed by atoms with Crippen LogP contribution in [0.5, 0.6) is 0 Å². The molecule has 5 aromatic rings. The fraction of sp³-hybridized carbons (Fsp3) is 0.342. The molecule has 0 unspecified atom stereocenters. The molecule has 1 aliphatic carbocycles. The third-order valence-corrected chi connectivity index (χ3v) is 11.2. The molecule has 7 rings (SSSR count). The highest BCUT2D eigenvalue weighted by Gasteiger charge is 2.44. The van der Waals surface area contributed by atoms with Crippen molar-refractivity contribution in [1.82, 2.24) is 30.2 Å². The van der Waals surface area contributed by atoms with E-state index in [1.165, 1.54) is 24.3 Å². The Bertz CT molecular complexity index is 2220. The molecule has 1 saturated heterocycles. The average Bonchev–Trinajstić information content (AvgIpc) is 3.90. The van der Waals surface area contributed by atoms with E-state index in [-0.39, 0.29) is 36.3 Å². The molecule has 9 N–H and O–H groups in total. The molecule has 18 heteroatoms. The van der Waals surface area contributed by atoms with Gasteiger partial charge in [-0.2, -0.15) is 9.97 Å². The van der Waals surface area contributed by atoms with E-state index < -0.39 is 46.3 Å². The molecule has 5 atom stereocenters. The van der Waals surface area contributed by atoms with E-state index in [1.54, 1.807) is 10.9 Å². The minimum atomic E-state index is -3.87. The highest BCUT2D eigenvalue weighted by Crippen LogP contribution is 2.35. The quantitative estimate of drug-likeness (QED) is 0.0849. The molecular weight excluding hydrogens is 741 g/mol. The Kier molecular flexibility index (Phi) is 11.4. The Balaban J connectivity index is 1.15. The number of fused-ring (bicyclic) bond motifs is 1. The van der Waals surface area contributed by atoms with Crippen molar-refractivity contribution in [3.8, 4) is 0 Å². The molecule has 0 bridgehead atoms. The molecule has 0 radical (unpaired) electrons. The van der Waals surface area contributed by atoms with Crippen LogP contribution in [0.3, 0.4) is 0 Å². The number of urea groups is 1. The van der Waals surface area contributed by atoms with Gasteiger partial charge >= 0.3 is 6.03 Å². The number of primary sulfonamides is 1. The van der Waals surface area contributed by atoms with Crippen molar-refractivity contribution in [3.63, 3.8) is 0 Å². The molecule has 2 fully saturated rings. The zero-order valence-electron chi connectivity index (χ0n) is 30.3. The summed E-state index contributed by atoms with van der Waals surface area (Å²) in [5, 5.41) is 48.4. The van der Waals surface area contributed by atoms with Crippen LogP contribution in [0.15, 0.2) is 96.2 Å². The standard InChI is InChI=1S/C38H44N10O7S/c39-56(54,55)27-13-11-25(12-14-27)42-38(53)43-26-15-17-47(21-26)37-45-35(40-20-28(23-7-3-1-4-8-23)24-9-5-2-6-10-24)32-36(46-37)48(22-41-32)30-19-29(33(51)34(30)52)44-31(50)16-18-49/h1-14,22,26,28-30,33-34,49,51-52H,15-21H2,(H,44,50)(H2,39,54,55)(H,40,45,46)(H2,42,43,53)/t26-,29+,30-,33-,34+/m1/s1. The molecular formula is C38H44N10O7S. The average molecular weight is 785 g/mol. The van der Waals surface area contributed by atoms with E-state index in [4.69, 9.17) is 15.1 Å². The maximum Gasteiger partial charge on any atom is 0.319 e. The Morgan fingerprint density at radius 1 is 0.911 bits per heavy atom. The lowest BCUT2D eigenvalue weighted by molar-refractivity contribution is -0.123. The molecule has 1 saturated carbocycles. The Hall–Kier alpha value is -5.66. The first kappa shape index (κ1) is 38.6. The van der Waals surface area contributed by atoms with Gasteiger partial charge in [0.25, 0.3) is 0 Å². The van der Waals surface area contributed by atoms with Crippen LogP contribution in [0.25, 0.3) is 11.2 Å². The molecule has 3 amide bonds. The van der Waals surface area contributed by atoms with Crippen LogP contribution in [0, 0.1) is 0 Å². The van der Waals surface area contributed by atoms with Gasteiger partial charge in [-0.25, -0.2) is 23.3 Å². The van der Waals surface area contributed by atoms with Crippen LogP contribution < -0.4 is 31.3 Å². The highest BCUT2D eigenvalue weighted by atomic mass is 32.2. The maximum absolute atomic E-state index is 12.9. The fourth-order valence-corrected chi connectivity index (χ4v) is 7.87.